The minimum Gasteiger partial charge on any atom is -0.480 e. The Kier molecular flexibility index (Phi) is 4.73. The van der Waals surface area contributed by atoms with Gasteiger partial charge in [-0.2, -0.15) is 0 Å². The standard InChI is InChI=1S/C13H19N3O4/c14-10(12(17)18)7-3-1-5-9-6-2-4-8-11-15-20-13(19)16(9)11/h1,3,9-10H,2,4-8,14H2,(H,17,18)/t9-,10-/m0/s1. The molecule has 0 saturated heterocycles. The summed E-state index contributed by atoms with van der Waals surface area (Å²) in [4.78, 5) is 22.3. The minimum absolute atomic E-state index is 0.0311. The van der Waals surface area contributed by atoms with Gasteiger partial charge in [0, 0.05) is 12.5 Å². The largest absolute Gasteiger partial charge is 0.480 e. The monoisotopic (exact) mass is 281 g/mol. The number of fused-ring (bicyclic) bond motifs is 1. The highest BCUT2D eigenvalue weighted by atomic mass is 16.5. The zero-order valence-electron chi connectivity index (χ0n) is 11.2. The Morgan fingerprint density at radius 2 is 2.35 bits per heavy atom. The molecule has 0 spiro atoms. The van der Waals surface area contributed by atoms with Gasteiger partial charge in [-0.1, -0.05) is 23.7 Å². The molecule has 0 radical (unpaired) electrons. The molecule has 1 aromatic heterocycles. The third-order valence-corrected chi connectivity index (χ3v) is 3.54. The van der Waals surface area contributed by atoms with Crippen LogP contribution in [0.25, 0.3) is 0 Å². The van der Waals surface area contributed by atoms with Gasteiger partial charge in [0.2, 0.25) is 0 Å². The maximum atomic E-state index is 11.7. The van der Waals surface area contributed by atoms with E-state index in [1.54, 1.807) is 10.6 Å². The van der Waals surface area contributed by atoms with Crippen molar-refractivity contribution in [2.24, 2.45) is 5.73 Å². The average molecular weight is 281 g/mol. The molecule has 7 heteroatoms. The van der Waals surface area contributed by atoms with E-state index in [2.05, 4.69) is 5.16 Å². The number of carbonyl (C=O) groups is 1. The van der Waals surface area contributed by atoms with Crippen molar-refractivity contribution in [1.82, 2.24) is 9.72 Å². The maximum Gasteiger partial charge on any atom is 0.441 e. The first-order valence-corrected chi connectivity index (χ1v) is 6.80. The fourth-order valence-corrected chi connectivity index (χ4v) is 2.42. The molecule has 3 N–H and O–H groups in total. The van der Waals surface area contributed by atoms with Crippen molar-refractivity contribution < 1.29 is 14.4 Å². The molecule has 0 aliphatic carbocycles. The van der Waals surface area contributed by atoms with E-state index in [1.807, 2.05) is 6.08 Å². The molecule has 2 heterocycles. The van der Waals surface area contributed by atoms with Crippen LogP contribution < -0.4 is 11.5 Å². The highest BCUT2D eigenvalue weighted by Crippen LogP contribution is 2.24. The van der Waals surface area contributed by atoms with Crippen molar-refractivity contribution in [2.45, 2.75) is 50.6 Å². The molecule has 2 atom stereocenters. The summed E-state index contributed by atoms with van der Waals surface area (Å²) >= 11 is 0. The van der Waals surface area contributed by atoms with Crippen LogP contribution in [-0.2, 0) is 11.2 Å². The molecule has 0 unspecified atom stereocenters. The Morgan fingerprint density at radius 1 is 1.55 bits per heavy atom. The van der Waals surface area contributed by atoms with E-state index in [9.17, 15) is 9.59 Å². The predicted octanol–water partition coefficient (Wildman–Crippen LogP) is 0.852. The van der Waals surface area contributed by atoms with Crippen LogP contribution in [0.3, 0.4) is 0 Å². The molecule has 1 aromatic rings. The SMILES string of the molecule is N[C@@H](CC=CC[C@H]1CCCCc2noc(=O)n21)C(=O)O. The van der Waals surface area contributed by atoms with Crippen LogP contribution in [0.5, 0.6) is 0 Å². The summed E-state index contributed by atoms with van der Waals surface area (Å²) in [6.45, 7) is 0. The molecule has 20 heavy (non-hydrogen) atoms. The molecule has 7 nitrogen and oxygen atoms in total. The lowest BCUT2D eigenvalue weighted by Gasteiger charge is -2.13. The van der Waals surface area contributed by atoms with Crippen molar-refractivity contribution in [2.75, 3.05) is 0 Å². The molecule has 110 valence electrons. The number of aromatic nitrogens is 2. The number of carboxylic acid groups (broad SMARTS) is 1. The van der Waals surface area contributed by atoms with Crippen LogP contribution in [0.1, 0.15) is 44.0 Å². The van der Waals surface area contributed by atoms with E-state index in [1.165, 1.54) is 0 Å². The zero-order chi connectivity index (χ0) is 14.5. The number of nitrogens with zero attached hydrogens (tertiary/aromatic N) is 2. The van der Waals surface area contributed by atoms with Crippen LogP contribution in [0.2, 0.25) is 0 Å². The molecule has 0 bridgehead atoms. The third-order valence-electron chi connectivity index (χ3n) is 3.54. The lowest BCUT2D eigenvalue weighted by molar-refractivity contribution is -0.138. The number of nitrogens with two attached hydrogens (primary N) is 1. The number of hydrogen-bond donors (Lipinski definition) is 2. The molecule has 0 fully saturated rings. The lowest BCUT2D eigenvalue weighted by Crippen LogP contribution is -2.29. The molecule has 0 aromatic carbocycles. The van der Waals surface area contributed by atoms with Gasteiger partial charge >= 0.3 is 11.7 Å². The number of carboxylic acids is 1. The molecule has 1 aliphatic heterocycles. The van der Waals surface area contributed by atoms with Crippen LogP contribution in [-0.4, -0.2) is 26.8 Å². The Labute approximate surface area is 116 Å². The van der Waals surface area contributed by atoms with Crippen LogP contribution >= 0.6 is 0 Å². The van der Waals surface area contributed by atoms with Gasteiger partial charge in [0.05, 0.1) is 0 Å². The summed E-state index contributed by atoms with van der Waals surface area (Å²) in [5, 5.41) is 12.5. The van der Waals surface area contributed by atoms with Gasteiger partial charge < -0.3 is 10.8 Å². The molecular weight excluding hydrogens is 262 g/mol. The highest BCUT2D eigenvalue weighted by Gasteiger charge is 2.21. The van der Waals surface area contributed by atoms with E-state index in [-0.39, 0.29) is 12.5 Å². The summed E-state index contributed by atoms with van der Waals surface area (Å²) in [5.41, 5.74) is 5.41. The summed E-state index contributed by atoms with van der Waals surface area (Å²) < 4.78 is 6.33. The van der Waals surface area contributed by atoms with Crippen molar-refractivity contribution in [3.8, 4) is 0 Å². The molecule has 1 aliphatic rings. The van der Waals surface area contributed by atoms with Gasteiger partial charge in [-0.25, -0.2) is 4.79 Å². The van der Waals surface area contributed by atoms with Gasteiger partial charge in [-0.3, -0.25) is 13.9 Å². The number of aliphatic carboxylic acids is 1. The second-order valence-corrected chi connectivity index (χ2v) is 5.02. The van der Waals surface area contributed by atoms with Crippen molar-refractivity contribution >= 4 is 5.97 Å². The summed E-state index contributed by atoms with van der Waals surface area (Å²) in [6, 6.07) is -0.849. The molecule has 0 saturated carbocycles. The maximum absolute atomic E-state index is 11.7. The molecule has 0 amide bonds. The third kappa shape index (κ3) is 3.36. The minimum atomic E-state index is -1.01. The van der Waals surface area contributed by atoms with E-state index in [4.69, 9.17) is 15.4 Å². The Morgan fingerprint density at radius 3 is 3.10 bits per heavy atom. The second kappa shape index (κ2) is 6.51. The van der Waals surface area contributed by atoms with Crippen LogP contribution in [0.15, 0.2) is 21.5 Å². The van der Waals surface area contributed by atoms with E-state index in [0.29, 0.717) is 12.2 Å². The Bertz CT molecular complexity index is 546. The fourth-order valence-electron chi connectivity index (χ4n) is 2.42. The quantitative estimate of drug-likeness (QED) is 0.774. The summed E-state index contributed by atoms with van der Waals surface area (Å²) in [5.74, 6) is -0.725. The van der Waals surface area contributed by atoms with Crippen molar-refractivity contribution in [3.05, 3.63) is 28.5 Å². The number of rotatable bonds is 5. The lowest BCUT2D eigenvalue weighted by atomic mass is 10.1. The highest BCUT2D eigenvalue weighted by molar-refractivity contribution is 5.73. The fraction of sp³-hybridized carbons (Fsp3) is 0.615. The van der Waals surface area contributed by atoms with Gasteiger partial charge in [0.15, 0.2) is 5.82 Å². The second-order valence-electron chi connectivity index (χ2n) is 5.02. The topological polar surface area (TPSA) is 111 Å². The summed E-state index contributed by atoms with van der Waals surface area (Å²) in [7, 11) is 0. The van der Waals surface area contributed by atoms with Gasteiger partial charge in [-0.15, -0.1) is 0 Å². The number of hydrogen-bond acceptors (Lipinski definition) is 5. The van der Waals surface area contributed by atoms with Crippen LogP contribution in [0.4, 0.5) is 0 Å². The van der Waals surface area contributed by atoms with Crippen LogP contribution in [0, 0.1) is 0 Å². The van der Waals surface area contributed by atoms with Gasteiger partial charge in [0.1, 0.15) is 6.04 Å². The normalized spacial score (nSPS) is 20.6. The molecular formula is C13H19N3O4. The van der Waals surface area contributed by atoms with E-state index < -0.39 is 17.8 Å². The predicted molar refractivity (Wildman–Crippen MR) is 71.3 cm³/mol. The van der Waals surface area contributed by atoms with Gasteiger partial charge in [-0.05, 0) is 25.7 Å². The van der Waals surface area contributed by atoms with E-state index in [0.717, 1.165) is 25.7 Å². The van der Waals surface area contributed by atoms with Crippen molar-refractivity contribution in [1.29, 1.82) is 0 Å². The molecule has 2 rings (SSSR count). The average Bonchev–Trinajstić information content (AvgIpc) is 2.66. The summed E-state index contributed by atoms with van der Waals surface area (Å²) in [6.07, 6.45) is 8.25. The zero-order valence-corrected chi connectivity index (χ0v) is 11.2. The van der Waals surface area contributed by atoms with E-state index >= 15 is 0 Å². The Hall–Kier alpha value is -1.89. The number of aryl methyl sites for hydroxylation is 1. The Balaban J connectivity index is 1.99. The first-order chi connectivity index (χ1) is 9.59. The van der Waals surface area contributed by atoms with Gasteiger partial charge in [0.25, 0.3) is 0 Å². The first-order valence-electron chi connectivity index (χ1n) is 6.80. The van der Waals surface area contributed by atoms with Crippen molar-refractivity contribution in [3.63, 3.8) is 0 Å². The smallest absolute Gasteiger partial charge is 0.441 e. The first kappa shape index (κ1) is 14.5. The number of allylic oxidation sites excluding steroid dienone is 1.